The summed E-state index contributed by atoms with van der Waals surface area (Å²) in [6.45, 7) is 7.57. The molecule has 1 N–H and O–H groups in total. The van der Waals surface area contributed by atoms with Crippen LogP contribution in [-0.2, 0) is 6.54 Å². The molecule has 0 saturated heterocycles. The molecule has 0 amide bonds. The minimum Gasteiger partial charge on any atom is -0.331 e. The molecule has 2 nitrogen and oxygen atoms in total. The van der Waals surface area contributed by atoms with Gasteiger partial charge >= 0.3 is 0 Å². The first-order chi connectivity index (χ1) is 7.37. The number of aromatic amines is 1. The Morgan fingerprint density at radius 1 is 1.38 bits per heavy atom. The van der Waals surface area contributed by atoms with Crippen LogP contribution < -0.4 is 0 Å². The van der Waals surface area contributed by atoms with Gasteiger partial charge in [-0.25, -0.2) is 0 Å². The molecule has 0 aliphatic carbocycles. The van der Waals surface area contributed by atoms with Crippen LogP contribution in [0.15, 0.2) is 22.7 Å². The highest BCUT2D eigenvalue weighted by Crippen LogP contribution is 2.23. The highest BCUT2D eigenvalue weighted by atomic mass is 79.9. The Morgan fingerprint density at radius 3 is 2.69 bits per heavy atom. The highest BCUT2D eigenvalue weighted by Gasteiger charge is 2.14. The second kappa shape index (κ2) is 4.00. The number of rotatable bonds is 1. The molecular weight excluding hydrogens is 284 g/mol. The number of fused-ring (bicyclic) bond motifs is 1. The molecular formula is C12H15BrN2S. The zero-order valence-electron chi connectivity index (χ0n) is 9.67. The van der Waals surface area contributed by atoms with E-state index in [0.717, 1.165) is 21.3 Å². The van der Waals surface area contributed by atoms with Crippen LogP contribution in [0.25, 0.3) is 11.0 Å². The molecule has 0 atom stereocenters. The Hall–Kier alpha value is -0.610. The molecule has 1 aromatic carbocycles. The van der Waals surface area contributed by atoms with E-state index in [1.165, 1.54) is 5.52 Å². The maximum atomic E-state index is 5.36. The lowest BCUT2D eigenvalue weighted by Gasteiger charge is -2.19. The van der Waals surface area contributed by atoms with Gasteiger partial charge in [0.25, 0.3) is 0 Å². The van der Waals surface area contributed by atoms with Crippen LogP contribution in [0.2, 0.25) is 0 Å². The summed E-state index contributed by atoms with van der Waals surface area (Å²) in [5, 5.41) is 0. The van der Waals surface area contributed by atoms with E-state index in [2.05, 4.69) is 58.4 Å². The van der Waals surface area contributed by atoms with E-state index in [0.29, 0.717) is 0 Å². The number of imidazole rings is 1. The van der Waals surface area contributed by atoms with Gasteiger partial charge in [-0.05, 0) is 35.8 Å². The van der Waals surface area contributed by atoms with Crippen LogP contribution >= 0.6 is 28.1 Å². The largest absolute Gasteiger partial charge is 0.331 e. The third-order valence-electron chi connectivity index (χ3n) is 2.37. The van der Waals surface area contributed by atoms with Gasteiger partial charge in [0, 0.05) is 11.0 Å². The third-order valence-corrected chi connectivity index (χ3v) is 3.18. The van der Waals surface area contributed by atoms with Crippen molar-refractivity contribution in [2.75, 3.05) is 0 Å². The lowest BCUT2D eigenvalue weighted by Crippen LogP contribution is -2.15. The summed E-state index contributed by atoms with van der Waals surface area (Å²) in [6.07, 6.45) is 0. The second-order valence-electron chi connectivity index (χ2n) is 5.24. The van der Waals surface area contributed by atoms with Crippen molar-refractivity contribution < 1.29 is 0 Å². The van der Waals surface area contributed by atoms with E-state index in [4.69, 9.17) is 12.2 Å². The Kier molecular flexibility index (Phi) is 2.97. The fourth-order valence-electron chi connectivity index (χ4n) is 1.77. The number of hydrogen-bond donors (Lipinski definition) is 1. The summed E-state index contributed by atoms with van der Waals surface area (Å²) in [5.41, 5.74) is 2.48. The molecule has 0 radical (unpaired) electrons. The molecule has 0 unspecified atom stereocenters. The Morgan fingerprint density at radius 2 is 2.06 bits per heavy atom. The fourth-order valence-corrected chi connectivity index (χ4v) is 2.40. The molecule has 0 fully saturated rings. The Balaban J connectivity index is 2.61. The van der Waals surface area contributed by atoms with Gasteiger partial charge in [0.15, 0.2) is 4.77 Å². The summed E-state index contributed by atoms with van der Waals surface area (Å²) < 4.78 is 4.03. The van der Waals surface area contributed by atoms with Crippen molar-refractivity contribution in [1.29, 1.82) is 0 Å². The molecule has 2 aromatic rings. The van der Waals surface area contributed by atoms with E-state index in [-0.39, 0.29) is 5.41 Å². The first-order valence-corrected chi connectivity index (χ1v) is 6.45. The molecule has 1 heterocycles. The Bertz CT molecular complexity index is 575. The SMILES string of the molecule is CC(C)(C)Cn1c(=S)[nH]c2cc(Br)ccc21. The summed E-state index contributed by atoms with van der Waals surface area (Å²) in [7, 11) is 0. The molecule has 2 rings (SSSR count). The second-order valence-corrected chi connectivity index (χ2v) is 6.54. The summed E-state index contributed by atoms with van der Waals surface area (Å²) in [5.74, 6) is 0. The van der Waals surface area contributed by atoms with Gasteiger partial charge in [0.2, 0.25) is 0 Å². The lowest BCUT2D eigenvalue weighted by molar-refractivity contribution is 0.346. The monoisotopic (exact) mass is 298 g/mol. The first kappa shape index (κ1) is 11.9. The van der Waals surface area contributed by atoms with Crippen LogP contribution in [-0.4, -0.2) is 9.55 Å². The predicted octanol–water partition coefficient (Wildman–Crippen LogP) is 4.51. The van der Waals surface area contributed by atoms with Gasteiger partial charge in [-0.3, -0.25) is 0 Å². The zero-order chi connectivity index (χ0) is 11.9. The quantitative estimate of drug-likeness (QED) is 0.768. The van der Waals surface area contributed by atoms with Crippen LogP contribution in [0.1, 0.15) is 20.8 Å². The lowest BCUT2D eigenvalue weighted by atomic mass is 9.97. The number of nitrogens with zero attached hydrogens (tertiary/aromatic N) is 1. The maximum absolute atomic E-state index is 5.36. The minimum absolute atomic E-state index is 0.223. The van der Waals surface area contributed by atoms with Gasteiger partial charge in [-0.2, -0.15) is 0 Å². The van der Waals surface area contributed by atoms with Gasteiger partial charge < -0.3 is 9.55 Å². The minimum atomic E-state index is 0.223. The smallest absolute Gasteiger partial charge is 0.178 e. The van der Waals surface area contributed by atoms with Gasteiger partial charge in [-0.1, -0.05) is 36.7 Å². The average Bonchev–Trinajstić information content (AvgIpc) is 2.40. The van der Waals surface area contributed by atoms with Gasteiger partial charge in [-0.15, -0.1) is 0 Å². The van der Waals surface area contributed by atoms with Crippen molar-refractivity contribution in [2.45, 2.75) is 27.3 Å². The van der Waals surface area contributed by atoms with Gasteiger partial charge in [0.05, 0.1) is 11.0 Å². The first-order valence-electron chi connectivity index (χ1n) is 5.25. The molecule has 0 bridgehead atoms. The molecule has 0 aliphatic heterocycles. The van der Waals surface area contributed by atoms with E-state index in [9.17, 15) is 0 Å². The topological polar surface area (TPSA) is 20.7 Å². The van der Waals surface area contributed by atoms with E-state index in [1.54, 1.807) is 0 Å². The maximum Gasteiger partial charge on any atom is 0.178 e. The fraction of sp³-hybridized carbons (Fsp3) is 0.417. The number of nitrogens with one attached hydrogen (secondary N) is 1. The van der Waals surface area contributed by atoms with Crippen LogP contribution in [0, 0.1) is 10.2 Å². The van der Waals surface area contributed by atoms with E-state index < -0.39 is 0 Å². The average molecular weight is 299 g/mol. The predicted molar refractivity (Wildman–Crippen MR) is 74.3 cm³/mol. The number of halogens is 1. The molecule has 86 valence electrons. The summed E-state index contributed by atoms with van der Waals surface area (Å²) >= 11 is 8.82. The molecule has 0 spiro atoms. The van der Waals surface area contributed by atoms with Crippen molar-refractivity contribution in [3.05, 3.63) is 27.4 Å². The Labute approximate surface area is 109 Å². The highest BCUT2D eigenvalue weighted by molar-refractivity contribution is 9.10. The van der Waals surface area contributed by atoms with Crippen molar-refractivity contribution in [2.24, 2.45) is 5.41 Å². The molecule has 1 aromatic heterocycles. The van der Waals surface area contributed by atoms with Crippen molar-refractivity contribution >= 4 is 39.2 Å². The van der Waals surface area contributed by atoms with Crippen LogP contribution in [0.3, 0.4) is 0 Å². The van der Waals surface area contributed by atoms with Crippen molar-refractivity contribution in [3.8, 4) is 0 Å². The number of H-pyrrole nitrogens is 1. The van der Waals surface area contributed by atoms with Crippen LogP contribution in [0.5, 0.6) is 0 Å². The summed E-state index contributed by atoms with van der Waals surface area (Å²) in [6, 6.07) is 6.20. The standard InChI is InChI=1S/C12H15BrN2S/c1-12(2,3)7-15-10-5-4-8(13)6-9(10)14-11(15)16/h4-6H,7H2,1-3H3,(H,14,16). The molecule has 4 heteroatoms. The van der Waals surface area contributed by atoms with Crippen LogP contribution in [0.4, 0.5) is 0 Å². The molecule has 0 saturated carbocycles. The molecule has 16 heavy (non-hydrogen) atoms. The third kappa shape index (κ3) is 2.38. The van der Waals surface area contributed by atoms with Crippen molar-refractivity contribution in [1.82, 2.24) is 9.55 Å². The van der Waals surface area contributed by atoms with E-state index >= 15 is 0 Å². The number of aromatic nitrogens is 2. The zero-order valence-corrected chi connectivity index (χ0v) is 12.1. The number of benzene rings is 1. The van der Waals surface area contributed by atoms with E-state index in [1.807, 2.05) is 6.07 Å². The number of hydrogen-bond acceptors (Lipinski definition) is 1. The normalized spacial score (nSPS) is 12.2. The van der Waals surface area contributed by atoms with Gasteiger partial charge in [0.1, 0.15) is 0 Å². The summed E-state index contributed by atoms with van der Waals surface area (Å²) in [4.78, 5) is 3.24. The van der Waals surface area contributed by atoms with Crippen molar-refractivity contribution in [3.63, 3.8) is 0 Å². The molecule has 0 aliphatic rings.